The molecule has 0 radical (unpaired) electrons. The summed E-state index contributed by atoms with van der Waals surface area (Å²) in [4.78, 5) is 13.0. The normalized spacial score (nSPS) is 16.2. The number of benzene rings is 1. The molecule has 2 rings (SSSR count). The predicted molar refractivity (Wildman–Crippen MR) is 64.0 cm³/mol. The second-order valence-corrected chi connectivity index (χ2v) is 4.09. The van der Waals surface area contributed by atoms with E-state index in [0.717, 1.165) is 31.6 Å². The van der Waals surface area contributed by atoms with Gasteiger partial charge in [0.1, 0.15) is 0 Å². The van der Waals surface area contributed by atoms with Crippen LogP contribution in [0, 0.1) is 0 Å². The number of rotatable bonds is 2. The lowest BCUT2D eigenvalue weighted by atomic mass is 10.1. The summed E-state index contributed by atoms with van der Waals surface area (Å²) in [6.45, 7) is 5.93. The molecule has 0 saturated carbocycles. The van der Waals surface area contributed by atoms with Gasteiger partial charge in [-0.05, 0) is 37.1 Å². The van der Waals surface area contributed by atoms with E-state index in [2.05, 4.69) is 11.5 Å². The number of carboxylic acid groups (broad SMARTS) is 1. The van der Waals surface area contributed by atoms with Gasteiger partial charge in [-0.1, -0.05) is 12.2 Å². The molecule has 0 unspecified atom stereocenters. The zero-order valence-corrected chi connectivity index (χ0v) is 9.15. The fourth-order valence-corrected chi connectivity index (χ4v) is 1.90. The van der Waals surface area contributed by atoms with Crippen LogP contribution in [0.1, 0.15) is 23.2 Å². The number of nitrogens with zero attached hydrogens (tertiary/aromatic N) is 1. The van der Waals surface area contributed by atoms with Gasteiger partial charge in [0.05, 0.1) is 5.56 Å². The lowest BCUT2D eigenvalue weighted by Gasteiger charge is -2.30. The SMILES string of the molecule is C=C1CCN(c2ccc(C(=O)O)cc2)CC1. The number of piperidine rings is 1. The van der Waals surface area contributed by atoms with Gasteiger partial charge < -0.3 is 10.0 Å². The molecular formula is C13H15NO2. The Bertz CT molecular complexity index is 398. The molecule has 1 aromatic rings. The fourth-order valence-electron chi connectivity index (χ4n) is 1.90. The van der Waals surface area contributed by atoms with Crippen LogP contribution in [0.2, 0.25) is 0 Å². The van der Waals surface area contributed by atoms with Gasteiger partial charge in [0.25, 0.3) is 0 Å². The standard InChI is InChI=1S/C13H15NO2/c1-10-6-8-14(9-7-10)12-4-2-11(3-5-12)13(15)16/h2-5H,1,6-9H2,(H,15,16). The monoisotopic (exact) mass is 217 g/mol. The molecule has 3 heteroatoms. The van der Waals surface area contributed by atoms with E-state index in [9.17, 15) is 4.79 Å². The second-order valence-electron chi connectivity index (χ2n) is 4.09. The molecule has 1 fully saturated rings. The van der Waals surface area contributed by atoms with Crippen molar-refractivity contribution >= 4 is 11.7 Å². The molecule has 1 N–H and O–H groups in total. The van der Waals surface area contributed by atoms with Crippen molar-refractivity contribution in [2.24, 2.45) is 0 Å². The first-order valence-corrected chi connectivity index (χ1v) is 5.42. The minimum atomic E-state index is -0.876. The van der Waals surface area contributed by atoms with Crippen molar-refractivity contribution < 1.29 is 9.90 Å². The molecule has 0 aromatic heterocycles. The third-order valence-electron chi connectivity index (χ3n) is 2.95. The summed E-state index contributed by atoms with van der Waals surface area (Å²) < 4.78 is 0. The first kappa shape index (κ1) is 10.7. The van der Waals surface area contributed by atoms with Crippen LogP contribution in [0.25, 0.3) is 0 Å². The first-order chi connectivity index (χ1) is 7.66. The van der Waals surface area contributed by atoms with Crippen LogP contribution in [0.4, 0.5) is 5.69 Å². The molecule has 0 atom stereocenters. The van der Waals surface area contributed by atoms with Crippen LogP contribution < -0.4 is 4.90 Å². The van der Waals surface area contributed by atoms with Gasteiger partial charge in [0, 0.05) is 18.8 Å². The zero-order chi connectivity index (χ0) is 11.5. The summed E-state index contributed by atoms with van der Waals surface area (Å²) in [7, 11) is 0. The Labute approximate surface area is 95.0 Å². The maximum Gasteiger partial charge on any atom is 0.335 e. The van der Waals surface area contributed by atoms with Gasteiger partial charge in [-0.3, -0.25) is 0 Å². The molecule has 84 valence electrons. The molecule has 1 aromatic carbocycles. The highest BCUT2D eigenvalue weighted by atomic mass is 16.4. The van der Waals surface area contributed by atoms with Crippen LogP contribution in [0.5, 0.6) is 0 Å². The van der Waals surface area contributed by atoms with E-state index >= 15 is 0 Å². The van der Waals surface area contributed by atoms with E-state index in [-0.39, 0.29) is 0 Å². The van der Waals surface area contributed by atoms with E-state index in [0.29, 0.717) is 5.56 Å². The van der Waals surface area contributed by atoms with E-state index < -0.39 is 5.97 Å². The van der Waals surface area contributed by atoms with Gasteiger partial charge >= 0.3 is 5.97 Å². The third kappa shape index (κ3) is 2.24. The lowest BCUT2D eigenvalue weighted by molar-refractivity contribution is 0.0697. The first-order valence-electron chi connectivity index (χ1n) is 5.42. The number of carboxylic acids is 1. The molecule has 0 amide bonds. The van der Waals surface area contributed by atoms with Crippen LogP contribution in [0.3, 0.4) is 0 Å². The van der Waals surface area contributed by atoms with Crippen molar-refractivity contribution in [3.05, 3.63) is 42.0 Å². The van der Waals surface area contributed by atoms with E-state index in [1.54, 1.807) is 12.1 Å². The quantitative estimate of drug-likeness (QED) is 0.774. The Morgan fingerprint density at radius 2 is 1.75 bits per heavy atom. The molecule has 0 spiro atoms. The van der Waals surface area contributed by atoms with E-state index in [1.165, 1.54) is 5.57 Å². The molecule has 0 aliphatic carbocycles. The molecule has 1 saturated heterocycles. The average molecular weight is 217 g/mol. The van der Waals surface area contributed by atoms with Gasteiger partial charge in [0.15, 0.2) is 0 Å². The van der Waals surface area contributed by atoms with Crippen molar-refractivity contribution in [3.8, 4) is 0 Å². The fraction of sp³-hybridized carbons (Fsp3) is 0.308. The predicted octanol–water partition coefficient (Wildman–Crippen LogP) is 2.54. The number of anilines is 1. The van der Waals surface area contributed by atoms with Crippen molar-refractivity contribution in [1.82, 2.24) is 0 Å². The zero-order valence-electron chi connectivity index (χ0n) is 9.15. The summed E-state index contributed by atoms with van der Waals surface area (Å²) in [6, 6.07) is 7.05. The number of aromatic carboxylic acids is 1. The van der Waals surface area contributed by atoms with Crippen LogP contribution in [0.15, 0.2) is 36.4 Å². The molecule has 1 aliphatic heterocycles. The van der Waals surface area contributed by atoms with Crippen molar-refractivity contribution in [2.75, 3.05) is 18.0 Å². The number of hydrogen-bond donors (Lipinski definition) is 1. The van der Waals surface area contributed by atoms with Gasteiger partial charge in [0.2, 0.25) is 0 Å². The molecule has 3 nitrogen and oxygen atoms in total. The lowest BCUT2D eigenvalue weighted by Crippen LogP contribution is -2.30. The van der Waals surface area contributed by atoms with Crippen molar-refractivity contribution in [2.45, 2.75) is 12.8 Å². The topological polar surface area (TPSA) is 40.5 Å². The van der Waals surface area contributed by atoms with Crippen LogP contribution in [-0.4, -0.2) is 24.2 Å². The van der Waals surface area contributed by atoms with Gasteiger partial charge in [-0.25, -0.2) is 4.79 Å². The van der Waals surface area contributed by atoms with Crippen molar-refractivity contribution in [3.63, 3.8) is 0 Å². The largest absolute Gasteiger partial charge is 0.478 e. The second kappa shape index (κ2) is 4.39. The highest BCUT2D eigenvalue weighted by Gasteiger charge is 2.13. The van der Waals surface area contributed by atoms with Gasteiger partial charge in [-0.15, -0.1) is 0 Å². The average Bonchev–Trinajstić information content (AvgIpc) is 2.30. The van der Waals surface area contributed by atoms with E-state index in [4.69, 9.17) is 5.11 Å². The Hall–Kier alpha value is -1.77. The highest BCUT2D eigenvalue weighted by Crippen LogP contribution is 2.22. The third-order valence-corrected chi connectivity index (χ3v) is 2.95. The van der Waals surface area contributed by atoms with Crippen LogP contribution in [-0.2, 0) is 0 Å². The Kier molecular flexibility index (Phi) is 2.95. The van der Waals surface area contributed by atoms with Gasteiger partial charge in [-0.2, -0.15) is 0 Å². The maximum atomic E-state index is 10.7. The summed E-state index contributed by atoms with van der Waals surface area (Å²) >= 11 is 0. The smallest absolute Gasteiger partial charge is 0.335 e. The molecule has 0 bridgehead atoms. The summed E-state index contributed by atoms with van der Waals surface area (Å²) in [6.07, 6.45) is 2.06. The summed E-state index contributed by atoms with van der Waals surface area (Å²) in [5.74, 6) is -0.876. The maximum absolute atomic E-state index is 10.7. The Morgan fingerprint density at radius 3 is 2.25 bits per heavy atom. The number of carbonyl (C=O) groups is 1. The number of hydrogen-bond acceptors (Lipinski definition) is 2. The Balaban J connectivity index is 2.10. The Morgan fingerprint density at radius 1 is 1.19 bits per heavy atom. The minimum absolute atomic E-state index is 0.338. The molecular weight excluding hydrogens is 202 g/mol. The van der Waals surface area contributed by atoms with Crippen LogP contribution >= 0.6 is 0 Å². The summed E-state index contributed by atoms with van der Waals surface area (Å²) in [5, 5.41) is 8.80. The highest BCUT2D eigenvalue weighted by molar-refractivity contribution is 5.88. The molecule has 16 heavy (non-hydrogen) atoms. The summed E-state index contributed by atoms with van der Waals surface area (Å²) in [5.41, 5.74) is 2.74. The molecule has 1 aliphatic rings. The minimum Gasteiger partial charge on any atom is -0.478 e. The van der Waals surface area contributed by atoms with Crippen molar-refractivity contribution in [1.29, 1.82) is 0 Å². The van der Waals surface area contributed by atoms with E-state index in [1.807, 2.05) is 12.1 Å². The molecule has 1 heterocycles.